The Hall–Kier alpha value is -1.31. The van der Waals surface area contributed by atoms with Crippen molar-refractivity contribution in [2.45, 2.75) is 84.0 Å². The molecule has 0 spiro atoms. The molecule has 0 aromatic rings. The molecule has 0 radical (unpaired) electrons. The fourth-order valence-electron chi connectivity index (χ4n) is 2.19. The SMILES string of the molecule is CC/C=C/CC/C=C/CCC/C=C/CCCCCCC(=O)O. The van der Waals surface area contributed by atoms with Crippen LogP contribution >= 0.6 is 0 Å². The lowest BCUT2D eigenvalue weighted by Gasteiger charge is -1.97. The van der Waals surface area contributed by atoms with Crippen LogP contribution in [0.1, 0.15) is 84.0 Å². The molecule has 0 aliphatic rings. The van der Waals surface area contributed by atoms with E-state index in [1.165, 1.54) is 25.7 Å². The molecule has 0 rings (SSSR count). The van der Waals surface area contributed by atoms with Crippen molar-refractivity contribution in [2.24, 2.45) is 0 Å². The van der Waals surface area contributed by atoms with Crippen LogP contribution in [0, 0.1) is 0 Å². The van der Waals surface area contributed by atoms with Crippen LogP contribution in [0.25, 0.3) is 0 Å². The Morgan fingerprint density at radius 2 is 1.18 bits per heavy atom. The average molecular weight is 306 g/mol. The predicted octanol–water partition coefficient (Wildman–Crippen LogP) is 6.44. The third kappa shape index (κ3) is 18.7. The maximum Gasteiger partial charge on any atom is 0.303 e. The molecule has 0 fully saturated rings. The molecule has 0 unspecified atom stereocenters. The number of carboxylic acid groups (broad SMARTS) is 1. The van der Waals surface area contributed by atoms with Crippen molar-refractivity contribution in [1.82, 2.24) is 0 Å². The normalized spacial score (nSPS) is 12.0. The first-order valence-electron chi connectivity index (χ1n) is 8.94. The van der Waals surface area contributed by atoms with E-state index >= 15 is 0 Å². The van der Waals surface area contributed by atoms with Crippen molar-refractivity contribution in [2.75, 3.05) is 0 Å². The summed E-state index contributed by atoms with van der Waals surface area (Å²) >= 11 is 0. The molecule has 0 aliphatic heterocycles. The van der Waals surface area contributed by atoms with E-state index in [0.29, 0.717) is 6.42 Å². The van der Waals surface area contributed by atoms with Gasteiger partial charge in [-0.1, -0.05) is 56.2 Å². The van der Waals surface area contributed by atoms with Gasteiger partial charge in [0.1, 0.15) is 0 Å². The molecule has 0 aliphatic carbocycles. The topological polar surface area (TPSA) is 37.3 Å². The quantitative estimate of drug-likeness (QED) is 0.279. The van der Waals surface area contributed by atoms with Gasteiger partial charge < -0.3 is 5.11 Å². The Labute approximate surface area is 137 Å². The van der Waals surface area contributed by atoms with Gasteiger partial charge in [-0.25, -0.2) is 0 Å². The molecule has 22 heavy (non-hydrogen) atoms. The lowest BCUT2D eigenvalue weighted by molar-refractivity contribution is -0.137. The highest BCUT2D eigenvalue weighted by Crippen LogP contribution is 2.07. The minimum Gasteiger partial charge on any atom is -0.481 e. The van der Waals surface area contributed by atoms with Crippen molar-refractivity contribution >= 4 is 5.97 Å². The maximum atomic E-state index is 10.3. The van der Waals surface area contributed by atoms with E-state index in [1.807, 2.05) is 0 Å². The molecule has 0 aromatic carbocycles. The standard InChI is InChI=1S/C20H34O2/c1-2-3-4-5-6-7-8-9-10-11-12-13-14-15-16-17-18-19-20(21)22/h3-4,7-8,12-13H,2,5-6,9-11,14-19H2,1H3,(H,21,22)/b4-3+,8-7+,13-12+. The highest BCUT2D eigenvalue weighted by molar-refractivity contribution is 5.66. The number of hydrogen-bond donors (Lipinski definition) is 1. The summed E-state index contributed by atoms with van der Waals surface area (Å²) in [5, 5.41) is 8.52. The maximum absolute atomic E-state index is 10.3. The minimum atomic E-state index is -0.675. The summed E-state index contributed by atoms with van der Waals surface area (Å²) in [4.78, 5) is 10.3. The van der Waals surface area contributed by atoms with Gasteiger partial charge in [0.15, 0.2) is 0 Å². The molecular formula is C20H34O2. The van der Waals surface area contributed by atoms with Crippen LogP contribution in [0.15, 0.2) is 36.5 Å². The van der Waals surface area contributed by atoms with E-state index in [2.05, 4.69) is 43.4 Å². The summed E-state index contributed by atoms with van der Waals surface area (Å²) in [6, 6.07) is 0. The van der Waals surface area contributed by atoms with E-state index in [0.717, 1.165) is 44.9 Å². The molecule has 1 N–H and O–H groups in total. The van der Waals surface area contributed by atoms with Gasteiger partial charge >= 0.3 is 5.97 Å². The number of carbonyl (C=O) groups is 1. The van der Waals surface area contributed by atoms with Gasteiger partial charge in [-0.2, -0.15) is 0 Å². The number of unbranched alkanes of at least 4 members (excludes halogenated alkanes) is 7. The third-order valence-electron chi connectivity index (χ3n) is 3.49. The fourth-order valence-corrected chi connectivity index (χ4v) is 2.19. The molecular weight excluding hydrogens is 272 g/mol. The number of hydrogen-bond acceptors (Lipinski definition) is 1. The van der Waals surface area contributed by atoms with Crippen molar-refractivity contribution in [3.05, 3.63) is 36.5 Å². The molecule has 0 saturated carbocycles. The van der Waals surface area contributed by atoms with Gasteiger partial charge in [-0.3, -0.25) is 4.79 Å². The molecule has 0 atom stereocenters. The van der Waals surface area contributed by atoms with Gasteiger partial charge in [0, 0.05) is 6.42 Å². The second kappa shape index (κ2) is 17.7. The summed E-state index contributed by atoms with van der Waals surface area (Å²) in [6.45, 7) is 2.17. The Balaban J connectivity index is 3.22. The highest BCUT2D eigenvalue weighted by Gasteiger charge is 1.95. The van der Waals surface area contributed by atoms with Gasteiger partial charge in [0.25, 0.3) is 0 Å². The van der Waals surface area contributed by atoms with Gasteiger partial charge in [-0.15, -0.1) is 0 Å². The Morgan fingerprint density at radius 1 is 0.682 bits per heavy atom. The molecule has 0 heterocycles. The highest BCUT2D eigenvalue weighted by atomic mass is 16.4. The zero-order chi connectivity index (χ0) is 16.3. The predicted molar refractivity (Wildman–Crippen MR) is 96.1 cm³/mol. The summed E-state index contributed by atoms with van der Waals surface area (Å²) in [5.74, 6) is -0.675. The first-order valence-corrected chi connectivity index (χ1v) is 8.94. The molecule has 2 nitrogen and oxygen atoms in total. The van der Waals surface area contributed by atoms with E-state index in [4.69, 9.17) is 5.11 Å². The monoisotopic (exact) mass is 306 g/mol. The summed E-state index contributed by atoms with van der Waals surface area (Å²) in [5.41, 5.74) is 0. The number of allylic oxidation sites excluding steroid dienone is 6. The van der Waals surface area contributed by atoms with Gasteiger partial charge in [0.2, 0.25) is 0 Å². The zero-order valence-electron chi connectivity index (χ0n) is 14.3. The van der Waals surface area contributed by atoms with E-state index < -0.39 is 5.97 Å². The Morgan fingerprint density at radius 3 is 1.77 bits per heavy atom. The lowest BCUT2D eigenvalue weighted by Crippen LogP contribution is -1.93. The van der Waals surface area contributed by atoms with Crippen LogP contribution in [-0.2, 0) is 4.79 Å². The third-order valence-corrected chi connectivity index (χ3v) is 3.49. The second-order valence-corrected chi connectivity index (χ2v) is 5.68. The van der Waals surface area contributed by atoms with E-state index in [9.17, 15) is 4.79 Å². The Bertz CT molecular complexity index is 327. The van der Waals surface area contributed by atoms with Crippen LogP contribution < -0.4 is 0 Å². The fraction of sp³-hybridized carbons (Fsp3) is 0.650. The summed E-state index contributed by atoms with van der Waals surface area (Å²) < 4.78 is 0. The van der Waals surface area contributed by atoms with Crippen molar-refractivity contribution < 1.29 is 9.90 Å². The lowest BCUT2D eigenvalue weighted by atomic mass is 10.1. The Kier molecular flexibility index (Phi) is 16.7. The van der Waals surface area contributed by atoms with Crippen LogP contribution in [0.2, 0.25) is 0 Å². The van der Waals surface area contributed by atoms with Crippen molar-refractivity contribution in [3.63, 3.8) is 0 Å². The van der Waals surface area contributed by atoms with E-state index in [1.54, 1.807) is 0 Å². The van der Waals surface area contributed by atoms with Crippen molar-refractivity contribution in [3.8, 4) is 0 Å². The number of carboxylic acids is 1. The van der Waals surface area contributed by atoms with Gasteiger partial charge in [0.05, 0.1) is 0 Å². The zero-order valence-corrected chi connectivity index (χ0v) is 14.3. The number of rotatable bonds is 15. The van der Waals surface area contributed by atoms with Gasteiger partial charge in [-0.05, 0) is 57.8 Å². The molecule has 2 heteroatoms. The minimum absolute atomic E-state index is 0.318. The first-order chi connectivity index (χ1) is 10.8. The van der Waals surface area contributed by atoms with E-state index in [-0.39, 0.29) is 0 Å². The molecule has 0 amide bonds. The molecule has 0 aromatic heterocycles. The molecule has 126 valence electrons. The summed E-state index contributed by atoms with van der Waals surface area (Å²) in [6.07, 6.45) is 26.3. The molecule has 0 saturated heterocycles. The smallest absolute Gasteiger partial charge is 0.303 e. The average Bonchev–Trinajstić information content (AvgIpc) is 2.50. The van der Waals surface area contributed by atoms with Crippen LogP contribution in [-0.4, -0.2) is 11.1 Å². The number of aliphatic carboxylic acids is 1. The van der Waals surface area contributed by atoms with Crippen LogP contribution in [0.3, 0.4) is 0 Å². The second-order valence-electron chi connectivity index (χ2n) is 5.68. The van der Waals surface area contributed by atoms with Crippen LogP contribution in [0.5, 0.6) is 0 Å². The first kappa shape index (κ1) is 20.7. The summed E-state index contributed by atoms with van der Waals surface area (Å²) in [7, 11) is 0. The largest absolute Gasteiger partial charge is 0.481 e. The van der Waals surface area contributed by atoms with Crippen LogP contribution in [0.4, 0.5) is 0 Å². The van der Waals surface area contributed by atoms with Crippen molar-refractivity contribution in [1.29, 1.82) is 0 Å². The molecule has 0 bridgehead atoms.